The lowest BCUT2D eigenvalue weighted by Gasteiger charge is -2.30. The van der Waals surface area contributed by atoms with E-state index >= 15 is 0 Å². The van der Waals surface area contributed by atoms with E-state index in [4.69, 9.17) is 26.1 Å². The summed E-state index contributed by atoms with van der Waals surface area (Å²) in [6, 6.07) is 9.11. The van der Waals surface area contributed by atoms with Crippen molar-refractivity contribution in [3.63, 3.8) is 0 Å². The number of alkyl carbamates (subject to hydrolysis) is 1. The van der Waals surface area contributed by atoms with Crippen LogP contribution in [0.25, 0.3) is 10.2 Å². The topological polar surface area (TPSA) is 93.7 Å². The van der Waals surface area contributed by atoms with Crippen LogP contribution in [0, 0.1) is 11.8 Å². The number of aromatic nitrogens is 2. The summed E-state index contributed by atoms with van der Waals surface area (Å²) in [5.74, 6) is 6.48. The quantitative estimate of drug-likeness (QED) is 0.129. The first-order valence-electron chi connectivity index (χ1n) is 15.0. The molecule has 0 bridgehead atoms. The van der Waals surface area contributed by atoms with Crippen molar-refractivity contribution in [1.82, 2.24) is 15.3 Å². The number of nitrogens with one attached hydrogen (secondary N) is 1. The van der Waals surface area contributed by atoms with Gasteiger partial charge in [-0.25, -0.2) is 14.6 Å². The van der Waals surface area contributed by atoms with E-state index < -0.39 is 23.4 Å². The van der Waals surface area contributed by atoms with E-state index in [1.54, 1.807) is 34.7 Å². The van der Waals surface area contributed by atoms with Crippen LogP contribution in [0.15, 0.2) is 60.3 Å². The van der Waals surface area contributed by atoms with Crippen molar-refractivity contribution in [1.29, 1.82) is 0 Å². The van der Waals surface area contributed by atoms with E-state index in [0.717, 1.165) is 20.0 Å². The molecule has 8 nitrogen and oxygen atoms in total. The van der Waals surface area contributed by atoms with Crippen molar-refractivity contribution < 1.29 is 19.1 Å². The van der Waals surface area contributed by atoms with Crippen LogP contribution in [0.2, 0.25) is 5.15 Å². The number of carbonyl (C=O) groups is 2. The summed E-state index contributed by atoms with van der Waals surface area (Å²) in [7, 11) is 0. The molecule has 0 radical (unpaired) electrons. The molecule has 0 aliphatic heterocycles. The van der Waals surface area contributed by atoms with Gasteiger partial charge in [-0.05, 0) is 78.0 Å². The van der Waals surface area contributed by atoms with Gasteiger partial charge in [-0.2, -0.15) is 0 Å². The van der Waals surface area contributed by atoms with Crippen LogP contribution in [0.1, 0.15) is 81.2 Å². The number of nitrogens with zero attached hydrogens (tertiary/aromatic N) is 3. The molecule has 0 spiro atoms. The van der Waals surface area contributed by atoms with Crippen molar-refractivity contribution in [2.24, 2.45) is 0 Å². The Balaban J connectivity index is 1.68. The maximum Gasteiger partial charge on any atom is 0.415 e. The molecule has 1 N–H and O–H groups in total. The molecule has 4 aromatic heterocycles. The first-order valence-corrected chi connectivity index (χ1v) is 17.1. The van der Waals surface area contributed by atoms with Crippen LogP contribution >= 0.6 is 34.3 Å². The molecule has 2 atom stereocenters. The zero-order chi connectivity index (χ0) is 33.1. The monoisotopic (exact) mass is 676 g/mol. The number of rotatable bonds is 5. The van der Waals surface area contributed by atoms with E-state index in [1.807, 2.05) is 71.2 Å². The molecule has 2 amide bonds. The van der Waals surface area contributed by atoms with Gasteiger partial charge in [-0.1, -0.05) is 41.7 Å². The lowest BCUT2D eigenvalue weighted by atomic mass is 9.86. The average molecular weight is 677 g/mol. The number of thiophene rings is 2. The summed E-state index contributed by atoms with van der Waals surface area (Å²) in [5, 5.41) is 5.30. The minimum atomic E-state index is -0.712. The third-order valence-electron chi connectivity index (χ3n) is 6.88. The van der Waals surface area contributed by atoms with Gasteiger partial charge >= 0.3 is 12.2 Å². The molecular formula is C35H37ClN4O4S2. The predicted octanol–water partition coefficient (Wildman–Crippen LogP) is 9.07. The van der Waals surface area contributed by atoms with Gasteiger partial charge in [0.15, 0.2) is 0 Å². The highest BCUT2D eigenvalue weighted by Crippen LogP contribution is 2.45. The third-order valence-corrected chi connectivity index (χ3v) is 9.27. The zero-order valence-corrected chi connectivity index (χ0v) is 29.1. The fourth-order valence-corrected chi connectivity index (χ4v) is 7.32. The van der Waals surface area contributed by atoms with Crippen LogP contribution in [-0.4, -0.2) is 39.4 Å². The number of amides is 2. The highest BCUT2D eigenvalue weighted by atomic mass is 35.5. The minimum absolute atomic E-state index is 0.131. The molecular weight excluding hydrogens is 640 g/mol. The van der Waals surface area contributed by atoms with E-state index in [0.29, 0.717) is 36.2 Å². The molecule has 46 heavy (non-hydrogen) atoms. The standard InChI is InChI=1S/C35H37ClN4O4S2/c1-34(2,3)43-32(41)38-26-14-8-7-13-24(26)30-25(16-15-22-11-9-17-37-20-22)29-31(46-30)27(19-28(36)39-29)40(21-23-12-10-18-45-23)33(42)44-35(4,5)6/h7-12,17-20,24,26H,13-14,21H2,1-6H3,(H,38,41)/t24-,26-/m0/s1. The van der Waals surface area contributed by atoms with E-state index in [9.17, 15) is 9.59 Å². The van der Waals surface area contributed by atoms with E-state index in [2.05, 4.69) is 34.3 Å². The Bertz CT molecular complexity index is 1800. The second-order valence-electron chi connectivity index (χ2n) is 12.9. The molecule has 0 unspecified atom stereocenters. The van der Waals surface area contributed by atoms with Crippen LogP contribution in [0.4, 0.5) is 15.3 Å². The molecule has 240 valence electrons. The van der Waals surface area contributed by atoms with Crippen LogP contribution < -0.4 is 10.2 Å². The molecule has 0 fully saturated rings. The first kappa shape index (κ1) is 33.5. The normalized spacial score (nSPS) is 16.4. The van der Waals surface area contributed by atoms with Crippen molar-refractivity contribution in [2.45, 2.75) is 84.1 Å². The Morgan fingerprint density at radius 3 is 2.50 bits per heavy atom. The van der Waals surface area contributed by atoms with Gasteiger partial charge in [0.1, 0.15) is 21.9 Å². The number of pyridine rings is 2. The Kier molecular flexibility index (Phi) is 10.1. The molecule has 0 saturated carbocycles. The van der Waals surface area contributed by atoms with Gasteiger partial charge in [-0.15, -0.1) is 22.7 Å². The van der Waals surface area contributed by atoms with Crippen molar-refractivity contribution in [2.75, 3.05) is 4.90 Å². The zero-order valence-electron chi connectivity index (χ0n) is 26.7. The number of hydrogen-bond donors (Lipinski definition) is 1. The highest BCUT2D eigenvalue weighted by Gasteiger charge is 2.34. The Labute approximate surface area is 282 Å². The Morgan fingerprint density at radius 1 is 1.07 bits per heavy atom. The number of halogens is 1. The van der Waals surface area contributed by atoms with Gasteiger partial charge in [0.25, 0.3) is 0 Å². The molecule has 0 aromatic carbocycles. The highest BCUT2D eigenvalue weighted by molar-refractivity contribution is 7.20. The maximum atomic E-state index is 13.8. The Morgan fingerprint density at radius 2 is 1.83 bits per heavy atom. The van der Waals surface area contributed by atoms with Gasteiger partial charge in [-0.3, -0.25) is 9.88 Å². The van der Waals surface area contributed by atoms with Gasteiger partial charge in [0, 0.05) is 45.7 Å². The summed E-state index contributed by atoms with van der Waals surface area (Å²) in [5.41, 5.74) is 1.27. The maximum absolute atomic E-state index is 13.8. The SMILES string of the molecule is CC(C)(C)OC(=O)N[C@H]1CC=CC[C@@H]1c1sc2c(N(Cc3cccs3)C(=O)OC(C)(C)C)cc(Cl)nc2c1C#Cc1cccnc1. The molecule has 4 aromatic rings. The summed E-state index contributed by atoms with van der Waals surface area (Å²) in [6.07, 6.45) is 7.91. The van der Waals surface area contributed by atoms with Crippen LogP contribution in [0.5, 0.6) is 0 Å². The average Bonchev–Trinajstić information content (AvgIpc) is 3.61. The van der Waals surface area contributed by atoms with Crippen molar-refractivity contribution in [3.8, 4) is 11.8 Å². The van der Waals surface area contributed by atoms with E-state index in [-0.39, 0.29) is 17.1 Å². The lowest BCUT2D eigenvalue weighted by molar-refractivity contribution is 0.0494. The number of hydrogen-bond acceptors (Lipinski definition) is 8. The van der Waals surface area contributed by atoms with E-state index in [1.165, 1.54) is 11.3 Å². The number of fused-ring (bicyclic) bond motifs is 1. The van der Waals surface area contributed by atoms with Crippen molar-refractivity contribution in [3.05, 3.63) is 86.3 Å². The summed E-state index contributed by atoms with van der Waals surface area (Å²) in [6.45, 7) is 11.3. The fourth-order valence-electron chi connectivity index (χ4n) is 5.04. The smallest absolute Gasteiger partial charge is 0.415 e. The summed E-state index contributed by atoms with van der Waals surface area (Å²) >= 11 is 9.77. The van der Waals surface area contributed by atoms with Crippen molar-refractivity contribution >= 4 is 62.4 Å². The summed E-state index contributed by atoms with van der Waals surface area (Å²) < 4.78 is 12.2. The van der Waals surface area contributed by atoms with Gasteiger partial charge in [0.2, 0.25) is 0 Å². The largest absolute Gasteiger partial charge is 0.444 e. The molecule has 5 rings (SSSR count). The molecule has 1 aliphatic rings. The number of anilines is 1. The first-order chi connectivity index (χ1) is 21.8. The predicted molar refractivity (Wildman–Crippen MR) is 186 cm³/mol. The second-order valence-corrected chi connectivity index (χ2v) is 15.4. The third kappa shape index (κ3) is 8.46. The van der Waals surface area contributed by atoms with Crippen LogP contribution in [0.3, 0.4) is 0 Å². The second kappa shape index (κ2) is 13.8. The Hall–Kier alpha value is -3.91. The minimum Gasteiger partial charge on any atom is -0.444 e. The van der Waals surface area contributed by atoms with Crippen LogP contribution in [-0.2, 0) is 16.0 Å². The number of allylic oxidation sites excluding steroid dienone is 1. The molecule has 1 aliphatic carbocycles. The number of ether oxygens (including phenoxy) is 2. The summed E-state index contributed by atoms with van der Waals surface area (Å²) in [4.78, 5) is 39.2. The lowest BCUT2D eigenvalue weighted by Crippen LogP contribution is -2.42. The van der Waals surface area contributed by atoms with Gasteiger partial charge < -0.3 is 14.8 Å². The molecule has 0 saturated heterocycles. The van der Waals surface area contributed by atoms with Gasteiger partial charge in [0.05, 0.1) is 22.5 Å². The molecule has 11 heteroatoms. The molecule has 4 heterocycles. The fraction of sp³-hybridized carbons (Fsp3) is 0.371. The number of carbonyl (C=O) groups excluding carboxylic acids is 2.